The summed E-state index contributed by atoms with van der Waals surface area (Å²) < 4.78 is 65.1. The molecule has 4 rings (SSSR count). The second-order valence-corrected chi connectivity index (χ2v) is 12.7. The first kappa shape index (κ1) is 26.2. The Labute approximate surface area is 217 Å². The summed E-state index contributed by atoms with van der Waals surface area (Å²) in [6.45, 7) is 0.205. The number of aromatic carboxylic acids is 1. The zero-order chi connectivity index (χ0) is 26.5. The Bertz CT molecular complexity index is 1600. The molecule has 0 unspecified atom stereocenters. The van der Waals surface area contributed by atoms with Gasteiger partial charge in [0.05, 0.1) is 16.1 Å². The number of hydrogen-bond donors (Lipinski definition) is 2. The highest BCUT2D eigenvalue weighted by atomic mass is 32.3. The Hall–Kier alpha value is -3.87. The molecule has 0 fully saturated rings. The van der Waals surface area contributed by atoms with E-state index < -0.39 is 25.8 Å². The fraction of sp³-hybridized carbons (Fsp3) is 0.0800. The highest BCUT2D eigenvalue weighted by Gasteiger charge is 2.25. The Kier molecular flexibility index (Phi) is 7.81. The van der Waals surface area contributed by atoms with E-state index in [1.54, 1.807) is 36.4 Å². The largest absolute Gasteiger partial charge is 0.490 e. The van der Waals surface area contributed by atoms with E-state index >= 15 is 0 Å². The van der Waals surface area contributed by atoms with Gasteiger partial charge in [-0.15, -0.1) is 11.3 Å². The van der Waals surface area contributed by atoms with Crippen molar-refractivity contribution in [3.63, 3.8) is 0 Å². The second-order valence-electron chi connectivity index (χ2n) is 7.52. The van der Waals surface area contributed by atoms with Crippen LogP contribution in [0.5, 0.6) is 11.5 Å². The van der Waals surface area contributed by atoms with Crippen molar-refractivity contribution in [2.24, 2.45) is 0 Å². The van der Waals surface area contributed by atoms with Gasteiger partial charge in [-0.3, -0.25) is 4.72 Å². The zero-order valence-electron chi connectivity index (χ0n) is 19.1. The van der Waals surface area contributed by atoms with Crippen molar-refractivity contribution in [3.05, 3.63) is 96.6 Å². The lowest BCUT2D eigenvalue weighted by atomic mass is 10.2. The van der Waals surface area contributed by atoms with Crippen LogP contribution in [0.3, 0.4) is 0 Å². The van der Waals surface area contributed by atoms with E-state index in [1.165, 1.54) is 54.6 Å². The minimum Gasteiger partial charge on any atom is -0.490 e. The summed E-state index contributed by atoms with van der Waals surface area (Å²) in [6.07, 6.45) is 0. The highest BCUT2D eigenvalue weighted by molar-refractivity contribution is 7.96. The molecule has 0 aliphatic carbocycles. The van der Waals surface area contributed by atoms with Crippen molar-refractivity contribution < 1.29 is 36.2 Å². The summed E-state index contributed by atoms with van der Waals surface area (Å²) >= 11 is 0.653. The number of sulfone groups is 1. The van der Waals surface area contributed by atoms with Gasteiger partial charge in [0.15, 0.2) is 0 Å². The van der Waals surface area contributed by atoms with Crippen LogP contribution in [0.25, 0.3) is 0 Å². The van der Waals surface area contributed by atoms with E-state index in [-0.39, 0.29) is 43.5 Å². The number of nitrogens with one attached hydrogen (secondary N) is 1. The molecule has 0 aliphatic heterocycles. The van der Waals surface area contributed by atoms with Crippen molar-refractivity contribution in [2.75, 3.05) is 17.9 Å². The number of hydrogen-bond acceptors (Lipinski definition) is 8. The van der Waals surface area contributed by atoms with Gasteiger partial charge in [-0.1, -0.05) is 30.3 Å². The number of para-hydroxylation sites is 2. The molecule has 3 aromatic carbocycles. The molecule has 0 amide bonds. The van der Waals surface area contributed by atoms with Crippen LogP contribution in [0.1, 0.15) is 10.4 Å². The number of benzene rings is 3. The third kappa shape index (κ3) is 6.28. The number of carbonyl (C=O) groups is 1. The summed E-state index contributed by atoms with van der Waals surface area (Å²) in [7, 11) is -7.94. The van der Waals surface area contributed by atoms with Crippen LogP contribution < -0.4 is 14.2 Å². The molecule has 0 aliphatic rings. The Morgan fingerprint density at radius 2 is 1.38 bits per heavy atom. The molecule has 0 bridgehead atoms. The average molecular weight is 560 g/mol. The van der Waals surface area contributed by atoms with Crippen molar-refractivity contribution in [2.45, 2.75) is 13.3 Å². The molecule has 1 aromatic heterocycles. The molecule has 192 valence electrons. The maximum Gasteiger partial charge on any atom is 0.335 e. The van der Waals surface area contributed by atoms with E-state index in [2.05, 4.69) is 4.72 Å². The van der Waals surface area contributed by atoms with E-state index in [0.29, 0.717) is 17.1 Å². The Balaban J connectivity index is 1.41. The van der Waals surface area contributed by atoms with Gasteiger partial charge in [0.2, 0.25) is 9.84 Å². The van der Waals surface area contributed by atoms with Crippen molar-refractivity contribution in [3.8, 4) is 11.5 Å². The van der Waals surface area contributed by atoms with Crippen LogP contribution in [0.15, 0.2) is 104 Å². The Morgan fingerprint density at radius 3 is 2.08 bits per heavy atom. The van der Waals surface area contributed by atoms with Crippen LogP contribution >= 0.6 is 11.3 Å². The first-order valence-electron chi connectivity index (χ1n) is 10.8. The van der Waals surface area contributed by atoms with Crippen LogP contribution in [-0.2, 0) is 19.9 Å². The van der Waals surface area contributed by atoms with Gasteiger partial charge < -0.3 is 14.6 Å². The van der Waals surface area contributed by atoms with E-state index in [9.17, 15) is 21.6 Å². The molecular formula is C25H21NO8S3. The monoisotopic (exact) mass is 559 g/mol. The smallest absolute Gasteiger partial charge is 0.335 e. The van der Waals surface area contributed by atoms with Gasteiger partial charge in [0.25, 0.3) is 10.0 Å². The molecule has 0 spiro atoms. The summed E-state index contributed by atoms with van der Waals surface area (Å²) in [5, 5.41) is 8.94. The fourth-order valence-corrected chi connectivity index (χ4v) is 7.44. The molecule has 9 nitrogen and oxygen atoms in total. The molecule has 0 radical (unpaired) electrons. The minimum atomic E-state index is -4.10. The van der Waals surface area contributed by atoms with Crippen molar-refractivity contribution in [1.82, 2.24) is 0 Å². The zero-order valence-corrected chi connectivity index (χ0v) is 21.6. The van der Waals surface area contributed by atoms with Gasteiger partial charge in [-0.05, 0) is 60.7 Å². The lowest BCUT2D eigenvalue weighted by Crippen LogP contribution is -2.14. The number of sulfonamides is 1. The quantitative estimate of drug-likeness (QED) is 0.256. The molecule has 37 heavy (non-hydrogen) atoms. The SMILES string of the molecule is O=C(O)c1ccc(OCCOc2ccccc2NS(=O)(=O)c2ccc(S(=O)(=O)c3ccccc3)s2)cc1. The van der Waals surface area contributed by atoms with E-state index in [4.69, 9.17) is 14.6 Å². The van der Waals surface area contributed by atoms with Crippen LogP contribution in [0.2, 0.25) is 0 Å². The maximum absolute atomic E-state index is 13.0. The molecule has 12 heteroatoms. The number of carboxylic acid groups (broad SMARTS) is 1. The molecule has 0 saturated heterocycles. The molecule has 4 aromatic rings. The van der Waals surface area contributed by atoms with Crippen LogP contribution in [0.4, 0.5) is 5.69 Å². The van der Waals surface area contributed by atoms with Gasteiger partial charge in [-0.25, -0.2) is 21.6 Å². The van der Waals surface area contributed by atoms with Crippen LogP contribution in [0, 0.1) is 0 Å². The lowest BCUT2D eigenvalue weighted by molar-refractivity contribution is 0.0696. The highest BCUT2D eigenvalue weighted by Crippen LogP contribution is 2.33. The summed E-state index contributed by atoms with van der Waals surface area (Å²) in [5.41, 5.74) is 0.314. The number of rotatable bonds is 11. The van der Waals surface area contributed by atoms with Gasteiger partial charge >= 0.3 is 5.97 Å². The van der Waals surface area contributed by atoms with Crippen LogP contribution in [-0.4, -0.2) is 41.1 Å². The first-order valence-corrected chi connectivity index (χ1v) is 14.6. The number of ether oxygens (including phenoxy) is 2. The lowest BCUT2D eigenvalue weighted by Gasteiger charge is -2.13. The van der Waals surface area contributed by atoms with Gasteiger partial charge in [0, 0.05) is 0 Å². The average Bonchev–Trinajstić information content (AvgIpc) is 3.41. The third-order valence-electron chi connectivity index (χ3n) is 4.98. The number of anilines is 1. The predicted molar refractivity (Wildman–Crippen MR) is 138 cm³/mol. The fourth-order valence-electron chi connectivity index (χ4n) is 3.18. The van der Waals surface area contributed by atoms with Crippen molar-refractivity contribution >= 4 is 42.9 Å². The molecule has 0 atom stereocenters. The molecule has 2 N–H and O–H groups in total. The second kappa shape index (κ2) is 11.0. The van der Waals surface area contributed by atoms with E-state index in [1.807, 2.05) is 0 Å². The number of thiophene rings is 1. The normalized spacial score (nSPS) is 11.6. The summed E-state index contributed by atoms with van der Waals surface area (Å²) in [4.78, 5) is 11.0. The standard InChI is InChI=1S/C25H21NO8S3/c27-25(28)18-10-12-19(13-11-18)33-16-17-34-22-9-5-4-8-21(22)26-37(31,32)24-15-14-23(35-24)36(29,30)20-6-2-1-3-7-20/h1-15,26H,16-17H2,(H,27,28). The van der Waals surface area contributed by atoms with Crippen molar-refractivity contribution in [1.29, 1.82) is 0 Å². The maximum atomic E-state index is 13.0. The Morgan fingerprint density at radius 1 is 0.757 bits per heavy atom. The molecule has 1 heterocycles. The summed E-state index contributed by atoms with van der Waals surface area (Å²) in [5.74, 6) is -0.323. The van der Waals surface area contributed by atoms with E-state index in [0.717, 1.165) is 0 Å². The minimum absolute atomic E-state index is 0.0764. The topological polar surface area (TPSA) is 136 Å². The first-order chi connectivity index (χ1) is 17.7. The number of carboxylic acids is 1. The summed E-state index contributed by atoms with van der Waals surface area (Å²) in [6, 6.07) is 22.6. The molecular weight excluding hydrogens is 538 g/mol. The third-order valence-corrected chi connectivity index (χ3v) is 10.2. The van der Waals surface area contributed by atoms with Gasteiger partial charge in [-0.2, -0.15) is 0 Å². The molecule has 0 saturated carbocycles. The predicted octanol–water partition coefficient (Wildman–Crippen LogP) is 4.54. The van der Waals surface area contributed by atoms with Gasteiger partial charge in [0.1, 0.15) is 33.1 Å².